The van der Waals surface area contributed by atoms with Gasteiger partial charge in [-0.3, -0.25) is 0 Å². The van der Waals surface area contributed by atoms with Crippen molar-refractivity contribution >= 4 is 28.3 Å². The van der Waals surface area contributed by atoms with E-state index in [2.05, 4.69) is 99.2 Å². The van der Waals surface area contributed by atoms with Gasteiger partial charge in [-0.2, -0.15) is 0 Å². The van der Waals surface area contributed by atoms with E-state index in [0.717, 1.165) is 40.1 Å². The summed E-state index contributed by atoms with van der Waals surface area (Å²) in [7, 11) is 1.68. The van der Waals surface area contributed by atoms with Gasteiger partial charge >= 0.3 is 0 Å². The van der Waals surface area contributed by atoms with Crippen molar-refractivity contribution in [2.75, 3.05) is 7.11 Å². The number of methoxy groups -OCH3 is 1. The van der Waals surface area contributed by atoms with Crippen LogP contribution in [0.25, 0.3) is 0 Å². The van der Waals surface area contributed by atoms with Gasteiger partial charge in [-0.05, 0) is 71.8 Å². The van der Waals surface area contributed by atoms with Crippen LogP contribution in [0.2, 0.25) is 0 Å². The van der Waals surface area contributed by atoms with Crippen LogP contribution in [0.15, 0.2) is 40.9 Å². The number of rotatable bonds is 8. The van der Waals surface area contributed by atoms with Gasteiger partial charge in [0.15, 0.2) is 11.5 Å². The maximum Gasteiger partial charge on any atom is 0.175 e. The number of nitrogens with one attached hydrogen (secondary N) is 1. The Morgan fingerprint density at radius 1 is 0.966 bits per heavy atom. The third kappa shape index (κ3) is 8.57. The fraction of sp³-hybridized carbons (Fsp3) is 0.500. The number of hydrogen-bond donors (Lipinski definition) is 1. The van der Waals surface area contributed by atoms with Gasteiger partial charge in [-0.1, -0.05) is 50.6 Å². The predicted octanol–water partition coefficient (Wildman–Crippen LogP) is 7.07. The Labute approximate surface area is 191 Å². The van der Waals surface area contributed by atoms with Crippen molar-refractivity contribution in [2.45, 2.75) is 66.7 Å². The molecule has 0 atom stereocenters. The zero-order valence-corrected chi connectivity index (χ0v) is 21.1. The number of halogens is 2. The molecule has 0 fully saturated rings. The summed E-state index contributed by atoms with van der Waals surface area (Å²) in [6.45, 7) is 14.7. The molecule has 0 amide bonds. The lowest BCUT2D eigenvalue weighted by Crippen LogP contribution is -2.41. The van der Waals surface area contributed by atoms with Gasteiger partial charge in [0, 0.05) is 12.1 Å². The van der Waals surface area contributed by atoms with E-state index in [9.17, 15) is 0 Å². The van der Waals surface area contributed by atoms with Gasteiger partial charge in [-0.25, -0.2) is 0 Å². The van der Waals surface area contributed by atoms with Crippen LogP contribution in [-0.4, -0.2) is 12.6 Å². The van der Waals surface area contributed by atoms with Gasteiger partial charge < -0.3 is 14.8 Å². The van der Waals surface area contributed by atoms with Gasteiger partial charge in [0.05, 0.1) is 11.6 Å². The monoisotopic (exact) mass is 483 g/mol. The van der Waals surface area contributed by atoms with E-state index < -0.39 is 0 Å². The van der Waals surface area contributed by atoms with Crippen LogP contribution in [0.4, 0.5) is 0 Å². The fourth-order valence-corrected chi connectivity index (χ4v) is 4.19. The van der Waals surface area contributed by atoms with E-state index in [0.29, 0.717) is 6.61 Å². The van der Waals surface area contributed by atoms with Crippen LogP contribution >= 0.6 is 28.3 Å². The molecule has 29 heavy (non-hydrogen) atoms. The minimum atomic E-state index is 0. The summed E-state index contributed by atoms with van der Waals surface area (Å²) in [4.78, 5) is 0. The third-order valence-corrected chi connectivity index (χ3v) is 5.13. The quantitative estimate of drug-likeness (QED) is 0.434. The second-order valence-corrected chi connectivity index (χ2v) is 10.2. The summed E-state index contributed by atoms with van der Waals surface area (Å²) in [5.74, 6) is 1.48. The first-order valence-electron chi connectivity index (χ1n) is 9.79. The van der Waals surface area contributed by atoms with E-state index in [4.69, 9.17) is 9.47 Å². The lowest BCUT2D eigenvalue weighted by Gasteiger charge is -2.33. The van der Waals surface area contributed by atoms with Crippen molar-refractivity contribution in [2.24, 2.45) is 5.41 Å². The molecule has 162 valence electrons. The molecule has 0 aliphatic heterocycles. The van der Waals surface area contributed by atoms with E-state index >= 15 is 0 Å². The van der Waals surface area contributed by atoms with Gasteiger partial charge in [0.1, 0.15) is 6.61 Å². The molecule has 2 rings (SSSR count). The van der Waals surface area contributed by atoms with Crippen LogP contribution in [-0.2, 0) is 13.2 Å². The van der Waals surface area contributed by atoms with Crippen LogP contribution in [0.1, 0.15) is 57.7 Å². The first-order valence-corrected chi connectivity index (χ1v) is 10.6. The van der Waals surface area contributed by atoms with E-state index in [1.54, 1.807) is 7.11 Å². The molecule has 0 aliphatic rings. The summed E-state index contributed by atoms with van der Waals surface area (Å²) in [5, 5.41) is 3.68. The SMILES string of the molecule is COc1cc(CNC(C)(C)CC(C)(C)C)cc(Br)c1OCc1ccc(C)cc1.Cl. The summed E-state index contributed by atoms with van der Waals surface area (Å²) < 4.78 is 12.6. The molecular formula is C24H35BrClNO2. The molecule has 5 heteroatoms. The summed E-state index contributed by atoms with van der Waals surface area (Å²) in [6.07, 6.45) is 1.09. The normalized spacial score (nSPS) is 11.7. The minimum Gasteiger partial charge on any atom is -0.493 e. The van der Waals surface area contributed by atoms with Gasteiger partial charge in [0.2, 0.25) is 0 Å². The summed E-state index contributed by atoms with van der Waals surface area (Å²) >= 11 is 3.66. The Morgan fingerprint density at radius 3 is 2.14 bits per heavy atom. The summed E-state index contributed by atoms with van der Waals surface area (Å²) in [6, 6.07) is 12.5. The lowest BCUT2D eigenvalue weighted by molar-refractivity contribution is 0.240. The topological polar surface area (TPSA) is 30.5 Å². The molecule has 0 aliphatic carbocycles. The molecule has 0 unspecified atom stereocenters. The lowest BCUT2D eigenvalue weighted by atomic mass is 9.82. The first-order chi connectivity index (χ1) is 13.0. The van der Waals surface area contributed by atoms with E-state index in [1.807, 2.05) is 0 Å². The smallest absolute Gasteiger partial charge is 0.175 e. The number of ether oxygens (including phenoxy) is 2. The Morgan fingerprint density at radius 2 is 1.59 bits per heavy atom. The van der Waals surface area contributed by atoms with E-state index in [1.165, 1.54) is 5.56 Å². The molecule has 2 aromatic rings. The third-order valence-electron chi connectivity index (χ3n) is 4.54. The molecule has 2 aromatic carbocycles. The number of benzene rings is 2. The molecule has 0 saturated carbocycles. The van der Waals surface area contributed by atoms with Gasteiger partial charge in [-0.15, -0.1) is 12.4 Å². The van der Waals surface area contributed by atoms with Crippen molar-refractivity contribution in [1.82, 2.24) is 5.32 Å². The summed E-state index contributed by atoms with van der Waals surface area (Å²) in [5.41, 5.74) is 3.87. The molecular weight excluding hydrogens is 450 g/mol. The number of hydrogen-bond acceptors (Lipinski definition) is 3. The second-order valence-electron chi connectivity index (χ2n) is 9.36. The second kappa shape index (κ2) is 10.7. The molecule has 0 radical (unpaired) electrons. The average molecular weight is 485 g/mol. The van der Waals surface area contributed by atoms with Crippen LogP contribution in [0.5, 0.6) is 11.5 Å². The van der Waals surface area contributed by atoms with Crippen molar-refractivity contribution in [1.29, 1.82) is 0 Å². The Kier molecular flexibility index (Phi) is 9.52. The minimum absolute atomic E-state index is 0. The van der Waals surface area contributed by atoms with Crippen molar-refractivity contribution in [3.05, 3.63) is 57.6 Å². The number of aryl methyl sites for hydroxylation is 1. The Bertz CT molecular complexity index is 783. The first kappa shape index (κ1) is 25.8. The highest BCUT2D eigenvalue weighted by Crippen LogP contribution is 2.37. The Balaban J connectivity index is 0.00000420. The molecule has 0 saturated heterocycles. The molecule has 0 spiro atoms. The van der Waals surface area contributed by atoms with Crippen LogP contribution in [0, 0.1) is 12.3 Å². The fourth-order valence-electron chi connectivity index (χ4n) is 3.58. The zero-order valence-electron chi connectivity index (χ0n) is 18.7. The molecule has 0 heterocycles. The highest BCUT2D eigenvalue weighted by Gasteiger charge is 2.25. The maximum atomic E-state index is 6.06. The van der Waals surface area contributed by atoms with Crippen molar-refractivity contribution in [3.8, 4) is 11.5 Å². The molecule has 0 aromatic heterocycles. The predicted molar refractivity (Wildman–Crippen MR) is 128 cm³/mol. The largest absolute Gasteiger partial charge is 0.493 e. The van der Waals surface area contributed by atoms with Gasteiger partial charge in [0.25, 0.3) is 0 Å². The maximum absolute atomic E-state index is 6.06. The van der Waals surface area contributed by atoms with Crippen molar-refractivity contribution in [3.63, 3.8) is 0 Å². The standard InChI is InChI=1S/C24H34BrNO2.ClH/c1-17-8-10-18(11-9-17)15-28-22-20(25)12-19(13-21(22)27-7)14-26-24(5,6)16-23(2,3)4;/h8-13,26H,14-16H2,1-7H3;1H. The van der Waals surface area contributed by atoms with Crippen LogP contribution < -0.4 is 14.8 Å². The molecule has 1 N–H and O–H groups in total. The highest BCUT2D eigenvalue weighted by molar-refractivity contribution is 9.10. The highest BCUT2D eigenvalue weighted by atomic mass is 79.9. The van der Waals surface area contributed by atoms with Crippen LogP contribution in [0.3, 0.4) is 0 Å². The molecule has 0 bridgehead atoms. The Hall–Kier alpha value is -1.23. The molecule has 3 nitrogen and oxygen atoms in total. The zero-order chi connectivity index (χ0) is 20.9. The van der Waals surface area contributed by atoms with E-state index in [-0.39, 0.29) is 23.4 Å². The van der Waals surface area contributed by atoms with Crippen molar-refractivity contribution < 1.29 is 9.47 Å². The average Bonchev–Trinajstić information content (AvgIpc) is 2.58.